The van der Waals surface area contributed by atoms with Crippen LogP contribution in [0.5, 0.6) is 0 Å². The highest BCUT2D eigenvalue weighted by Crippen LogP contribution is 2.28. The number of guanidine groups is 1. The monoisotopic (exact) mass is 420 g/mol. The Bertz CT molecular complexity index is 521. The van der Waals surface area contributed by atoms with Crippen molar-refractivity contribution in [1.82, 2.24) is 10.6 Å². The highest BCUT2D eigenvalue weighted by atomic mass is 127. The van der Waals surface area contributed by atoms with Crippen LogP contribution in [0.4, 0.5) is 10.1 Å². The summed E-state index contributed by atoms with van der Waals surface area (Å²) in [4.78, 5) is 16.1. The molecule has 3 N–H and O–H groups in total. The van der Waals surface area contributed by atoms with E-state index in [1.165, 1.54) is 24.3 Å². The lowest BCUT2D eigenvalue weighted by molar-refractivity contribution is -0.114. The second-order valence-electron chi connectivity index (χ2n) is 5.21. The first-order valence-electron chi connectivity index (χ1n) is 7.18. The summed E-state index contributed by atoms with van der Waals surface area (Å²) in [5.41, 5.74) is 0.561. The quantitative estimate of drug-likeness (QED) is 0.389. The van der Waals surface area contributed by atoms with Crippen molar-refractivity contribution in [2.45, 2.75) is 26.3 Å². The summed E-state index contributed by atoms with van der Waals surface area (Å²) < 4.78 is 12.8. The lowest BCUT2D eigenvalue weighted by Gasteiger charge is -2.10. The van der Waals surface area contributed by atoms with Crippen LogP contribution in [0.1, 0.15) is 20.3 Å². The van der Waals surface area contributed by atoms with E-state index in [2.05, 4.69) is 27.9 Å². The molecule has 122 valence electrons. The Morgan fingerprint density at radius 1 is 1.36 bits per heavy atom. The van der Waals surface area contributed by atoms with Gasteiger partial charge in [-0.2, -0.15) is 0 Å². The molecule has 0 radical (unpaired) electrons. The van der Waals surface area contributed by atoms with Crippen molar-refractivity contribution >= 4 is 41.5 Å². The highest BCUT2D eigenvalue weighted by molar-refractivity contribution is 14.0. The van der Waals surface area contributed by atoms with Crippen molar-refractivity contribution < 1.29 is 9.18 Å². The Morgan fingerprint density at radius 2 is 2.00 bits per heavy atom. The van der Waals surface area contributed by atoms with E-state index in [1.54, 1.807) is 0 Å². The molecule has 1 aliphatic rings. The molecule has 0 heterocycles. The third kappa shape index (κ3) is 6.17. The molecule has 0 bridgehead atoms. The molecule has 2 rings (SSSR count). The zero-order valence-electron chi connectivity index (χ0n) is 12.7. The SMILES string of the molecule is CCNC(=NCC(=O)Nc1ccc(F)cc1)NC1CC1C.I. The number of aliphatic imine (C=N–C) groups is 1. The van der Waals surface area contributed by atoms with E-state index in [-0.39, 0.29) is 42.2 Å². The number of hydrogen-bond donors (Lipinski definition) is 3. The third-order valence-electron chi connectivity index (χ3n) is 3.28. The molecule has 7 heteroatoms. The average Bonchev–Trinajstić information content (AvgIpc) is 3.14. The maximum Gasteiger partial charge on any atom is 0.246 e. The van der Waals surface area contributed by atoms with Crippen molar-refractivity contribution in [2.75, 3.05) is 18.4 Å². The summed E-state index contributed by atoms with van der Waals surface area (Å²) in [5, 5.41) is 9.06. The predicted molar refractivity (Wildman–Crippen MR) is 97.1 cm³/mol. The zero-order valence-corrected chi connectivity index (χ0v) is 15.1. The molecule has 2 unspecified atom stereocenters. The Labute approximate surface area is 147 Å². The third-order valence-corrected chi connectivity index (χ3v) is 3.28. The topological polar surface area (TPSA) is 65.5 Å². The predicted octanol–water partition coefficient (Wildman–Crippen LogP) is 2.35. The van der Waals surface area contributed by atoms with Crippen LogP contribution in [0.15, 0.2) is 29.3 Å². The minimum absolute atomic E-state index is 0. The summed E-state index contributed by atoms with van der Waals surface area (Å²) in [7, 11) is 0. The molecular weight excluding hydrogens is 398 g/mol. The average molecular weight is 420 g/mol. The van der Waals surface area contributed by atoms with Crippen LogP contribution in [-0.4, -0.2) is 31.0 Å². The molecule has 1 fully saturated rings. The van der Waals surface area contributed by atoms with Crippen molar-refractivity contribution in [3.05, 3.63) is 30.1 Å². The number of benzene rings is 1. The summed E-state index contributed by atoms with van der Waals surface area (Å²) in [6, 6.07) is 6.10. The number of halogens is 2. The van der Waals surface area contributed by atoms with E-state index in [1.807, 2.05) is 6.92 Å². The lowest BCUT2D eigenvalue weighted by Crippen LogP contribution is -2.39. The standard InChI is InChI=1S/C15H21FN4O.HI/c1-3-17-15(20-13-8-10(13)2)18-9-14(21)19-12-6-4-11(16)5-7-12;/h4-7,10,13H,3,8-9H2,1-2H3,(H,19,21)(H2,17,18,20);1H. The summed E-state index contributed by atoms with van der Waals surface area (Å²) in [6.07, 6.45) is 1.13. The number of rotatable bonds is 5. The molecule has 2 atom stereocenters. The summed E-state index contributed by atoms with van der Waals surface area (Å²) in [5.74, 6) is 0.744. The normalized spacial score (nSPS) is 19.9. The first-order valence-corrected chi connectivity index (χ1v) is 7.18. The minimum Gasteiger partial charge on any atom is -0.357 e. The minimum atomic E-state index is -0.330. The van der Waals surface area contributed by atoms with E-state index in [4.69, 9.17) is 0 Å². The van der Waals surface area contributed by atoms with Gasteiger partial charge in [0.1, 0.15) is 12.4 Å². The molecule has 0 saturated heterocycles. The summed E-state index contributed by atoms with van der Waals surface area (Å²) >= 11 is 0. The zero-order chi connectivity index (χ0) is 15.2. The first-order chi connectivity index (χ1) is 10.1. The van der Waals surface area contributed by atoms with E-state index in [9.17, 15) is 9.18 Å². The van der Waals surface area contributed by atoms with Crippen LogP contribution >= 0.6 is 24.0 Å². The lowest BCUT2D eigenvalue weighted by atomic mass is 10.3. The second-order valence-corrected chi connectivity index (χ2v) is 5.21. The van der Waals surface area contributed by atoms with E-state index in [0.717, 1.165) is 13.0 Å². The van der Waals surface area contributed by atoms with Gasteiger partial charge in [0.05, 0.1) is 0 Å². The molecular formula is C15H22FIN4O. The van der Waals surface area contributed by atoms with Crippen LogP contribution in [0.25, 0.3) is 0 Å². The smallest absolute Gasteiger partial charge is 0.246 e. The molecule has 0 aromatic heterocycles. The van der Waals surface area contributed by atoms with Gasteiger partial charge in [0.2, 0.25) is 5.91 Å². The van der Waals surface area contributed by atoms with Crippen molar-refractivity contribution in [3.8, 4) is 0 Å². The van der Waals surface area contributed by atoms with Gasteiger partial charge in [-0.1, -0.05) is 6.92 Å². The van der Waals surface area contributed by atoms with Gasteiger partial charge in [0.15, 0.2) is 5.96 Å². The van der Waals surface area contributed by atoms with Gasteiger partial charge in [-0.15, -0.1) is 24.0 Å². The highest BCUT2D eigenvalue weighted by Gasteiger charge is 2.33. The van der Waals surface area contributed by atoms with Crippen LogP contribution in [-0.2, 0) is 4.79 Å². The fourth-order valence-corrected chi connectivity index (χ4v) is 1.90. The largest absolute Gasteiger partial charge is 0.357 e. The summed E-state index contributed by atoms with van der Waals surface area (Å²) in [6.45, 7) is 4.91. The number of anilines is 1. The molecule has 1 aliphatic carbocycles. The van der Waals surface area contributed by atoms with Crippen molar-refractivity contribution in [1.29, 1.82) is 0 Å². The molecule has 1 aromatic carbocycles. The number of nitrogens with one attached hydrogen (secondary N) is 3. The maximum absolute atomic E-state index is 12.8. The molecule has 0 aliphatic heterocycles. The van der Waals surface area contributed by atoms with Gasteiger partial charge in [-0.25, -0.2) is 9.38 Å². The molecule has 1 amide bonds. The molecule has 0 spiro atoms. The molecule has 5 nitrogen and oxygen atoms in total. The van der Waals surface area contributed by atoms with E-state index < -0.39 is 0 Å². The first kappa shape index (κ1) is 18.7. The second kappa shape index (κ2) is 8.92. The molecule has 1 saturated carbocycles. The van der Waals surface area contributed by atoms with Crippen LogP contribution in [0, 0.1) is 11.7 Å². The van der Waals surface area contributed by atoms with Gasteiger partial charge < -0.3 is 16.0 Å². The fraction of sp³-hybridized carbons (Fsp3) is 0.467. The number of carbonyl (C=O) groups is 1. The van der Waals surface area contributed by atoms with E-state index >= 15 is 0 Å². The maximum atomic E-state index is 12.8. The Balaban J connectivity index is 0.00000242. The number of amides is 1. The van der Waals surface area contributed by atoms with Crippen molar-refractivity contribution in [3.63, 3.8) is 0 Å². The van der Waals surface area contributed by atoms with Gasteiger partial charge in [0, 0.05) is 18.3 Å². The Morgan fingerprint density at radius 3 is 2.55 bits per heavy atom. The fourth-order valence-electron chi connectivity index (χ4n) is 1.90. The number of carbonyl (C=O) groups excluding carboxylic acids is 1. The van der Waals surface area contributed by atoms with Crippen molar-refractivity contribution in [2.24, 2.45) is 10.9 Å². The number of nitrogens with zero attached hydrogens (tertiary/aromatic N) is 1. The van der Waals surface area contributed by atoms with Gasteiger partial charge >= 0.3 is 0 Å². The van der Waals surface area contributed by atoms with Crippen LogP contribution in [0.2, 0.25) is 0 Å². The van der Waals surface area contributed by atoms with Crippen LogP contribution < -0.4 is 16.0 Å². The molecule has 22 heavy (non-hydrogen) atoms. The van der Waals surface area contributed by atoms with Crippen LogP contribution in [0.3, 0.4) is 0 Å². The van der Waals surface area contributed by atoms with E-state index in [0.29, 0.717) is 23.6 Å². The van der Waals surface area contributed by atoms with Gasteiger partial charge in [-0.3, -0.25) is 4.79 Å². The van der Waals surface area contributed by atoms with Gasteiger partial charge in [-0.05, 0) is 43.5 Å². The Hall–Kier alpha value is -1.38. The van der Waals surface area contributed by atoms with Gasteiger partial charge in [0.25, 0.3) is 0 Å². The Kier molecular flexibility index (Phi) is 7.57. The molecule has 1 aromatic rings. The number of hydrogen-bond acceptors (Lipinski definition) is 2.